The maximum Gasteiger partial charge on any atom is 0.307 e. The van der Waals surface area contributed by atoms with E-state index in [2.05, 4.69) is 351 Å². The van der Waals surface area contributed by atoms with Gasteiger partial charge in [-0.15, -0.1) is 0 Å². The van der Waals surface area contributed by atoms with Gasteiger partial charge in [-0.05, 0) is 327 Å². The van der Waals surface area contributed by atoms with E-state index in [-0.39, 0.29) is 62.9 Å². The van der Waals surface area contributed by atoms with Crippen LogP contribution in [0.4, 0.5) is 22.7 Å². The SMILES string of the molecule is CCC(c1ccc(C)cc1)C(CC)c1ccc(C)cc1.CCC(c1ccc(O)cc1)C(CCCc1ccc2c(c1)C(C)(C)C(/C=C/C=C1/N(CC)c3ccc(CCCC(c4ccc(O)cc4)C(CC)c4ccc(O)cc4)cc3C1(C)C)=[N+]2CC)c1ccc(O)cc1.CCc1ccc2c(c1)C(C)(C)C(C=CC=C1N(CC)c3ccc(CC(=O)O)cc3C1(C)C)=[N+]2CC. The number of aliphatic carboxylic acids is 1. The first-order valence-electron chi connectivity index (χ1n) is 47.1. The van der Waals surface area contributed by atoms with E-state index < -0.39 is 5.97 Å². The van der Waals surface area contributed by atoms with E-state index in [1.54, 1.807) is 48.5 Å². The van der Waals surface area contributed by atoms with Gasteiger partial charge in [0.25, 0.3) is 0 Å². The maximum atomic E-state index is 11.3. The highest BCUT2D eigenvalue weighted by Crippen LogP contribution is 2.52. The van der Waals surface area contributed by atoms with Crippen LogP contribution in [0.25, 0.3) is 0 Å². The Bertz CT molecular complexity index is 5550. The number of nitrogens with zero attached hydrogens (tertiary/aromatic N) is 4. The molecular formula is C116H142N4O6+2. The Labute approximate surface area is 754 Å². The molecule has 0 bridgehead atoms. The lowest BCUT2D eigenvalue weighted by molar-refractivity contribution is -0.433. The number of hydrogen-bond acceptors (Lipinski definition) is 7. The molecule has 0 saturated carbocycles. The van der Waals surface area contributed by atoms with Gasteiger partial charge in [-0.2, -0.15) is 9.15 Å². The highest BCUT2D eigenvalue weighted by molar-refractivity contribution is 6.04. The summed E-state index contributed by atoms with van der Waals surface area (Å²) in [6.45, 7) is 46.7. The number of phenolic OH excluding ortho intramolecular Hbond substituents is 4. The quantitative estimate of drug-likeness (QED) is 0.0264. The summed E-state index contributed by atoms with van der Waals surface area (Å²) in [5.74, 6) is 2.75. The van der Waals surface area contributed by atoms with Gasteiger partial charge in [0.05, 0.1) is 17.3 Å². The summed E-state index contributed by atoms with van der Waals surface area (Å²) in [7, 11) is 0. The van der Waals surface area contributed by atoms with Gasteiger partial charge in [0.1, 0.15) is 36.1 Å². The zero-order chi connectivity index (χ0) is 90.5. The number of anilines is 2. The topological polar surface area (TPSA) is 131 Å². The van der Waals surface area contributed by atoms with Crippen LogP contribution in [0.2, 0.25) is 0 Å². The highest BCUT2D eigenvalue weighted by atomic mass is 16.4. The molecule has 5 N–H and O–H groups in total. The second kappa shape index (κ2) is 41.0. The predicted molar refractivity (Wildman–Crippen MR) is 528 cm³/mol. The summed E-state index contributed by atoms with van der Waals surface area (Å²) in [6.07, 6.45) is 25.3. The molecule has 0 fully saturated rings. The molecule has 4 heterocycles. The predicted octanol–water partition coefficient (Wildman–Crippen LogP) is 28.3. The Balaban J connectivity index is 0.000000214. The molecule has 10 heteroatoms. The summed E-state index contributed by atoms with van der Waals surface area (Å²) < 4.78 is 4.94. The summed E-state index contributed by atoms with van der Waals surface area (Å²) >= 11 is 0. The molecule has 0 radical (unpaired) electrons. The van der Waals surface area contributed by atoms with Crippen LogP contribution in [0.15, 0.2) is 266 Å². The van der Waals surface area contributed by atoms with Crippen LogP contribution in [0.1, 0.15) is 294 Å². The second-order valence-corrected chi connectivity index (χ2v) is 37.6. The summed E-state index contributed by atoms with van der Waals surface area (Å²) in [5.41, 5.74) is 30.6. The number of carboxylic acid groups (broad SMARTS) is 1. The Kier molecular flexibility index (Phi) is 30.6. The Hall–Kier alpha value is -11.2. The van der Waals surface area contributed by atoms with Gasteiger partial charge in [-0.3, -0.25) is 4.79 Å². The lowest BCUT2D eigenvalue weighted by Gasteiger charge is -2.28. The lowest BCUT2D eigenvalue weighted by atomic mass is 9.76. The first-order valence-corrected chi connectivity index (χ1v) is 47.1. The molecule has 0 amide bonds. The molecule has 0 aliphatic carbocycles. The van der Waals surface area contributed by atoms with Crippen LogP contribution in [0, 0.1) is 13.8 Å². The smallest absolute Gasteiger partial charge is 0.307 e. The van der Waals surface area contributed by atoms with E-state index >= 15 is 0 Å². The molecule has 10 nitrogen and oxygen atoms in total. The van der Waals surface area contributed by atoms with Crippen molar-refractivity contribution >= 4 is 40.1 Å². The van der Waals surface area contributed by atoms with Gasteiger partial charge in [-0.1, -0.05) is 219 Å². The minimum Gasteiger partial charge on any atom is -0.508 e. The third kappa shape index (κ3) is 20.4. The number of allylic oxidation sites excluding steroid dienone is 8. The summed E-state index contributed by atoms with van der Waals surface area (Å²) in [5, 5.41) is 49.6. The van der Waals surface area contributed by atoms with Gasteiger partial charge in [-0.25, -0.2) is 0 Å². The van der Waals surface area contributed by atoms with Crippen molar-refractivity contribution in [1.82, 2.24) is 0 Å². The monoisotopic (exact) mass is 1690 g/mol. The molecule has 4 aliphatic heterocycles. The molecular weight excluding hydrogens is 1550 g/mol. The largest absolute Gasteiger partial charge is 0.508 e. The molecule has 6 atom stereocenters. The fourth-order valence-electron chi connectivity index (χ4n) is 21.3. The van der Waals surface area contributed by atoms with Crippen molar-refractivity contribution in [2.45, 2.75) is 266 Å². The van der Waals surface area contributed by atoms with Crippen molar-refractivity contribution in [2.75, 3.05) is 36.0 Å². The minimum absolute atomic E-state index is 0.0506. The molecule has 0 aromatic heterocycles. The van der Waals surface area contributed by atoms with Gasteiger partial charge in [0.2, 0.25) is 11.4 Å². The van der Waals surface area contributed by atoms with Gasteiger partial charge in [0.15, 0.2) is 11.4 Å². The molecule has 4 aliphatic rings. The average Bonchev–Trinajstić information content (AvgIpc) is 1.60. The van der Waals surface area contributed by atoms with Crippen LogP contribution in [-0.2, 0) is 52.1 Å². The normalized spacial score (nSPS) is 17.2. The Morgan fingerprint density at radius 2 is 0.651 bits per heavy atom. The third-order valence-electron chi connectivity index (χ3n) is 28.3. The number of carbonyl (C=O) groups is 1. The number of benzene rings is 10. The van der Waals surface area contributed by atoms with Crippen LogP contribution in [-0.4, -0.2) is 78.3 Å². The van der Waals surface area contributed by atoms with Crippen LogP contribution in [0.3, 0.4) is 0 Å². The number of fused-ring (bicyclic) bond motifs is 4. The summed E-state index contributed by atoms with van der Waals surface area (Å²) in [4.78, 5) is 16.1. The van der Waals surface area contributed by atoms with Crippen molar-refractivity contribution < 1.29 is 39.5 Å². The zero-order valence-corrected chi connectivity index (χ0v) is 79.0. The maximum absolute atomic E-state index is 11.3. The molecule has 6 unspecified atom stereocenters. The molecule has 10 aromatic carbocycles. The fraction of sp³-hybridized carbons (Fsp3) is 0.388. The minimum atomic E-state index is -0.796. The highest BCUT2D eigenvalue weighted by Gasteiger charge is 2.47. The van der Waals surface area contributed by atoms with E-state index in [4.69, 9.17) is 0 Å². The van der Waals surface area contributed by atoms with Crippen LogP contribution in [0.5, 0.6) is 23.0 Å². The van der Waals surface area contributed by atoms with Crippen molar-refractivity contribution in [3.05, 3.63) is 355 Å². The number of aryl methyl sites for hydroxylation is 5. The standard InChI is InChI=1S/C65H76N2O4.C31H38N2O2.C20H26/c1-9-54(46-24-32-50(68)33-25-46)56(48-28-36-52(70)37-29-48)18-13-16-44-22-40-60-58(42-44)64(5,6)62(66(60)11-3)20-15-21-63-65(7,8)59-43-45(23-41-61(59)67(63)12-4)17-14-19-57(49-30-38-53(71)39-31-49)55(10-2)47-26-34-51(69)35-27-47;1-8-21-14-16-25-23(18-21)30(4,5)27(32(25)9-2)12-11-13-28-31(6,7)24-19-22(20-29(34)35)15-17-26(24)33(28)10-3;1-5-19(17-11-7-15(3)8-12-17)20(6-2)18-13-9-16(4)10-14-18/h15,20-43,54-57H,9-14,16-19H2,1-8H3,(H3-,68,69,70,71);11-19H,8-10,20H2,1-7H3;7-14,19-20H,5-6H2,1-4H3/p+2. The first-order chi connectivity index (χ1) is 60.4. The van der Waals surface area contributed by atoms with Gasteiger partial charge in [0, 0.05) is 82.1 Å². The van der Waals surface area contributed by atoms with E-state index in [0.717, 1.165) is 89.5 Å². The van der Waals surface area contributed by atoms with Crippen LogP contribution >= 0.6 is 0 Å². The molecule has 14 rings (SSSR count). The Morgan fingerprint density at radius 1 is 0.357 bits per heavy atom. The molecule has 660 valence electrons. The molecule has 126 heavy (non-hydrogen) atoms. The zero-order valence-electron chi connectivity index (χ0n) is 79.0. The van der Waals surface area contributed by atoms with Gasteiger partial charge >= 0.3 is 5.97 Å². The second-order valence-electron chi connectivity index (χ2n) is 37.6. The van der Waals surface area contributed by atoms with Crippen molar-refractivity contribution in [2.24, 2.45) is 0 Å². The number of carboxylic acids is 1. The number of likely N-dealkylation sites (N-methyl/N-ethyl adjacent to an activating group) is 2. The number of rotatable bonds is 32. The van der Waals surface area contributed by atoms with Crippen molar-refractivity contribution in [3.63, 3.8) is 0 Å². The summed E-state index contributed by atoms with van der Waals surface area (Å²) in [6, 6.07) is 76.4. The number of aromatic hydroxyl groups is 4. The average molecular weight is 1690 g/mol. The van der Waals surface area contributed by atoms with Gasteiger partial charge < -0.3 is 35.3 Å². The fourth-order valence-corrected chi connectivity index (χ4v) is 21.3. The lowest BCUT2D eigenvalue weighted by Crippen LogP contribution is -2.28. The molecule has 0 saturated heterocycles. The van der Waals surface area contributed by atoms with Crippen LogP contribution < -0.4 is 9.80 Å². The van der Waals surface area contributed by atoms with E-state index in [9.17, 15) is 30.3 Å². The number of hydrogen-bond donors (Lipinski definition) is 5. The third-order valence-corrected chi connectivity index (χ3v) is 28.3. The Morgan fingerprint density at radius 3 is 0.976 bits per heavy atom. The van der Waals surface area contributed by atoms with Crippen molar-refractivity contribution in [3.8, 4) is 23.0 Å². The van der Waals surface area contributed by atoms with E-state index in [1.807, 2.05) is 6.07 Å². The van der Waals surface area contributed by atoms with Crippen molar-refractivity contribution in [1.29, 1.82) is 0 Å². The molecule has 0 spiro atoms. The number of phenols is 4. The van der Waals surface area contributed by atoms with E-state index in [0.29, 0.717) is 23.7 Å². The molecule has 10 aromatic rings. The first kappa shape index (κ1) is 93.9. The van der Waals surface area contributed by atoms with E-state index in [1.165, 1.54) is 142 Å².